The first-order chi connectivity index (χ1) is 10.4. The lowest BCUT2D eigenvalue weighted by atomic mass is 10.1. The van der Waals surface area contributed by atoms with Crippen LogP contribution >= 0.6 is 0 Å². The predicted molar refractivity (Wildman–Crippen MR) is 69.1 cm³/mol. The zero-order chi connectivity index (χ0) is 16.0. The molecule has 0 aliphatic carbocycles. The third-order valence-electron chi connectivity index (χ3n) is 3.29. The Morgan fingerprint density at radius 2 is 1.55 bits per heavy atom. The van der Waals surface area contributed by atoms with E-state index >= 15 is 0 Å². The van der Waals surface area contributed by atoms with E-state index in [1.807, 2.05) is 0 Å². The van der Waals surface area contributed by atoms with Gasteiger partial charge < -0.3 is 14.6 Å². The normalized spacial score (nSPS) is 14.9. The number of furan rings is 1. The Morgan fingerprint density at radius 1 is 1.00 bits per heavy atom. The number of amides is 2. The Hall–Kier alpha value is -2.90. The van der Waals surface area contributed by atoms with Crippen LogP contribution in [0.4, 0.5) is 14.7 Å². The van der Waals surface area contributed by atoms with E-state index in [-0.39, 0.29) is 12.8 Å². The standard InChI is InChI=1S/C14H9F2NO5/c15-6-2-1-3-7(16)10(6)13-11(20)12(21)14(22-13)17-8(18)4-5-9(17)19/h1-3,20-21H,4-5H2. The van der Waals surface area contributed by atoms with E-state index in [1.165, 1.54) is 0 Å². The molecule has 1 fully saturated rings. The van der Waals surface area contributed by atoms with Crippen molar-refractivity contribution in [3.05, 3.63) is 29.8 Å². The van der Waals surface area contributed by atoms with E-state index in [0.717, 1.165) is 18.2 Å². The number of hydrogen-bond donors (Lipinski definition) is 2. The van der Waals surface area contributed by atoms with E-state index in [2.05, 4.69) is 0 Å². The maximum absolute atomic E-state index is 13.7. The van der Waals surface area contributed by atoms with Gasteiger partial charge in [-0.05, 0) is 12.1 Å². The lowest BCUT2D eigenvalue weighted by Gasteiger charge is -2.09. The van der Waals surface area contributed by atoms with Crippen LogP contribution in [0.2, 0.25) is 0 Å². The molecule has 1 aromatic heterocycles. The number of rotatable bonds is 2. The minimum atomic E-state index is -1.03. The summed E-state index contributed by atoms with van der Waals surface area (Å²) in [6.07, 6.45) is -0.160. The molecule has 6 nitrogen and oxygen atoms in total. The molecule has 1 saturated heterocycles. The quantitative estimate of drug-likeness (QED) is 0.831. The van der Waals surface area contributed by atoms with Crippen LogP contribution < -0.4 is 4.90 Å². The van der Waals surface area contributed by atoms with Crippen molar-refractivity contribution in [2.45, 2.75) is 12.8 Å². The van der Waals surface area contributed by atoms with E-state index in [9.17, 15) is 28.6 Å². The zero-order valence-electron chi connectivity index (χ0n) is 11.0. The molecule has 22 heavy (non-hydrogen) atoms. The van der Waals surface area contributed by atoms with Gasteiger partial charge in [0.15, 0.2) is 5.76 Å². The van der Waals surface area contributed by atoms with Crippen LogP contribution in [0.1, 0.15) is 12.8 Å². The second-order valence-electron chi connectivity index (χ2n) is 4.65. The maximum atomic E-state index is 13.7. The molecule has 0 radical (unpaired) electrons. The van der Waals surface area contributed by atoms with Crippen molar-refractivity contribution in [3.63, 3.8) is 0 Å². The van der Waals surface area contributed by atoms with Crippen LogP contribution in [-0.2, 0) is 9.59 Å². The van der Waals surface area contributed by atoms with Crippen LogP contribution in [0.25, 0.3) is 11.3 Å². The molecular weight excluding hydrogens is 300 g/mol. The topological polar surface area (TPSA) is 91.0 Å². The fraction of sp³-hybridized carbons (Fsp3) is 0.143. The molecule has 0 bridgehead atoms. The summed E-state index contributed by atoms with van der Waals surface area (Å²) in [6, 6.07) is 2.98. The summed E-state index contributed by atoms with van der Waals surface area (Å²) in [5.74, 6) is -6.58. The number of carbonyl (C=O) groups is 2. The molecule has 1 aliphatic heterocycles. The minimum Gasteiger partial charge on any atom is -0.502 e. The van der Waals surface area contributed by atoms with Gasteiger partial charge in [-0.15, -0.1) is 0 Å². The summed E-state index contributed by atoms with van der Waals surface area (Å²) < 4.78 is 32.5. The highest BCUT2D eigenvalue weighted by atomic mass is 19.1. The van der Waals surface area contributed by atoms with E-state index < -0.39 is 52.2 Å². The third kappa shape index (κ3) is 1.92. The first-order valence-electron chi connectivity index (χ1n) is 6.26. The van der Waals surface area contributed by atoms with Crippen molar-refractivity contribution in [2.24, 2.45) is 0 Å². The first-order valence-corrected chi connectivity index (χ1v) is 6.26. The molecule has 0 saturated carbocycles. The van der Waals surface area contributed by atoms with Gasteiger partial charge in [0, 0.05) is 12.8 Å². The highest BCUT2D eigenvalue weighted by molar-refractivity contribution is 6.20. The van der Waals surface area contributed by atoms with Gasteiger partial charge in [-0.3, -0.25) is 9.59 Å². The third-order valence-corrected chi connectivity index (χ3v) is 3.29. The number of anilines is 1. The second-order valence-corrected chi connectivity index (χ2v) is 4.65. The van der Waals surface area contributed by atoms with Gasteiger partial charge in [0.05, 0.1) is 5.56 Å². The molecular formula is C14H9F2NO5. The number of aromatic hydroxyl groups is 2. The van der Waals surface area contributed by atoms with Gasteiger partial charge in [0.25, 0.3) is 5.88 Å². The Morgan fingerprint density at radius 3 is 2.09 bits per heavy atom. The molecule has 0 spiro atoms. The number of imide groups is 1. The maximum Gasteiger partial charge on any atom is 0.256 e. The van der Waals surface area contributed by atoms with Crippen LogP contribution in [0.15, 0.2) is 22.6 Å². The highest BCUT2D eigenvalue weighted by Crippen LogP contribution is 2.48. The highest BCUT2D eigenvalue weighted by Gasteiger charge is 2.37. The summed E-state index contributed by atoms with van der Waals surface area (Å²) >= 11 is 0. The molecule has 0 atom stereocenters. The summed E-state index contributed by atoms with van der Waals surface area (Å²) in [6.45, 7) is 0. The summed E-state index contributed by atoms with van der Waals surface area (Å²) in [5, 5.41) is 19.6. The second kappa shape index (κ2) is 4.83. The molecule has 114 valence electrons. The molecule has 0 unspecified atom stereocenters. The van der Waals surface area contributed by atoms with Crippen molar-refractivity contribution >= 4 is 17.7 Å². The van der Waals surface area contributed by atoms with Crippen LogP contribution in [0, 0.1) is 11.6 Å². The van der Waals surface area contributed by atoms with Crippen molar-refractivity contribution in [1.82, 2.24) is 0 Å². The molecule has 1 aliphatic rings. The van der Waals surface area contributed by atoms with Crippen molar-refractivity contribution in [2.75, 3.05) is 4.90 Å². The van der Waals surface area contributed by atoms with Gasteiger partial charge in [0.1, 0.15) is 11.6 Å². The zero-order valence-corrected chi connectivity index (χ0v) is 11.0. The van der Waals surface area contributed by atoms with Crippen molar-refractivity contribution < 1.29 is 33.0 Å². The molecule has 2 N–H and O–H groups in total. The van der Waals surface area contributed by atoms with Crippen LogP contribution in [0.5, 0.6) is 11.5 Å². The minimum absolute atomic E-state index is 0.0802. The fourth-order valence-corrected chi connectivity index (χ4v) is 2.24. The van der Waals surface area contributed by atoms with Gasteiger partial charge >= 0.3 is 0 Å². The lowest BCUT2D eigenvalue weighted by Crippen LogP contribution is -2.28. The number of hydrogen-bond acceptors (Lipinski definition) is 5. The van der Waals surface area contributed by atoms with E-state index in [4.69, 9.17) is 4.42 Å². The number of nitrogens with zero attached hydrogens (tertiary/aromatic N) is 1. The SMILES string of the molecule is O=C1CCC(=O)N1c1oc(-c2c(F)cccc2F)c(O)c1O. The monoisotopic (exact) mass is 309 g/mol. The molecule has 2 aromatic rings. The number of carbonyl (C=O) groups excluding carboxylic acids is 2. The largest absolute Gasteiger partial charge is 0.502 e. The van der Waals surface area contributed by atoms with Crippen LogP contribution in [-0.4, -0.2) is 22.0 Å². The Balaban J connectivity index is 2.19. The van der Waals surface area contributed by atoms with E-state index in [0.29, 0.717) is 4.90 Å². The summed E-state index contributed by atoms with van der Waals surface area (Å²) in [4.78, 5) is 23.8. The Kier molecular flexibility index (Phi) is 3.09. The molecule has 1 aromatic carbocycles. The smallest absolute Gasteiger partial charge is 0.256 e. The predicted octanol–water partition coefficient (Wildman–Crippen LogP) is 2.29. The van der Waals surface area contributed by atoms with Gasteiger partial charge in [0.2, 0.25) is 23.3 Å². The van der Waals surface area contributed by atoms with E-state index in [1.54, 1.807) is 0 Å². The molecule has 2 amide bonds. The number of halogens is 2. The van der Waals surface area contributed by atoms with Crippen molar-refractivity contribution in [3.8, 4) is 22.8 Å². The Bertz CT molecular complexity index is 763. The van der Waals surface area contributed by atoms with Gasteiger partial charge in [-0.2, -0.15) is 0 Å². The number of benzene rings is 1. The average molecular weight is 309 g/mol. The molecule has 2 heterocycles. The van der Waals surface area contributed by atoms with Gasteiger partial charge in [-0.1, -0.05) is 6.07 Å². The Labute approximate surface area is 122 Å². The molecule has 3 rings (SSSR count). The summed E-state index contributed by atoms with van der Waals surface area (Å²) in [5.41, 5.74) is -0.708. The molecule has 8 heteroatoms. The summed E-state index contributed by atoms with van der Waals surface area (Å²) in [7, 11) is 0. The lowest BCUT2D eigenvalue weighted by molar-refractivity contribution is -0.121. The van der Waals surface area contributed by atoms with Crippen LogP contribution in [0.3, 0.4) is 0 Å². The average Bonchev–Trinajstić information content (AvgIpc) is 2.93. The first kappa shape index (κ1) is 14.1. The fourth-order valence-electron chi connectivity index (χ4n) is 2.24. The van der Waals surface area contributed by atoms with Gasteiger partial charge in [-0.25, -0.2) is 13.7 Å². The van der Waals surface area contributed by atoms with Crippen molar-refractivity contribution in [1.29, 1.82) is 0 Å².